The van der Waals surface area contributed by atoms with Gasteiger partial charge in [-0.2, -0.15) is 0 Å². The highest BCUT2D eigenvalue weighted by Crippen LogP contribution is 2.18. The first-order valence-electron chi connectivity index (χ1n) is 10.5. The smallest absolute Gasteiger partial charge is 0.0153 e. The first-order chi connectivity index (χ1) is 11.3. The molecule has 0 bridgehead atoms. The lowest BCUT2D eigenvalue weighted by Crippen LogP contribution is -2.43. The Hall–Kier alpha value is -0.340. The van der Waals surface area contributed by atoms with Gasteiger partial charge >= 0.3 is 0 Å². The Kier molecular flexibility index (Phi) is 12.8. The maximum absolute atomic E-state index is 3.76. The zero-order valence-electron chi connectivity index (χ0n) is 17.8. The molecule has 0 saturated heterocycles. The predicted molar refractivity (Wildman–Crippen MR) is 111 cm³/mol. The third-order valence-electron chi connectivity index (χ3n) is 6.10. The van der Waals surface area contributed by atoms with Crippen LogP contribution in [0.1, 0.15) is 99.8 Å². The molecule has 2 atom stereocenters. The standard InChI is InChI=1S/C22H46N2/c1-8-20(5)16-12-14-18-24-22(7,11-4)17-13-15-19-23-21(6,9-2)10-3/h12,14,20,23-24H,8-11,13,15-19H2,1-7H3/b14-12-. The Morgan fingerprint density at radius 3 is 2.00 bits per heavy atom. The van der Waals surface area contributed by atoms with Crippen LogP contribution in [0.15, 0.2) is 12.2 Å². The lowest BCUT2D eigenvalue weighted by atomic mass is 9.91. The lowest BCUT2D eigenvalue weighted by Gasteiger charge is -2.31. The summed E-state index contributed by atoms with van der Waals surface area (Å²) in [5, 5.41) is 7.50. The first-order valence-corrected chi connectivity index (χ1v) is 10.5. The van der Waals surface area contributed by atoms with E-state index in [2.05, 4.69) is 71.3 Å². The van der Waals surface area contributed by atoms with Gasteiger partial charge in [0.1, 0.15) is 0 Å². The van der Waals surface area contributed by atoms with Gasteiger partial charge in [0, 0.05) is 17.6 Å². The Balaban J connectivity index is 3.98. The molecule has 0 heterocycles. The Morgan fingerprint density at radius 1 is 0.833 bits per heavy atom. The number of nitrogens with one attached hydrogen (secondary N) is 2. The molecule has 2 nitrogen and oxygen atoms in total. The molecule has 0 saturated carbocycles. The van der Waals surface area contributed by atoms with Crippen molar-refractivity contribution < 1.29 is 0 Å². The van der Waals surface area contributed by atoms with Crippen LogP contribution in [0, 0.1) is 5.92 Å². The topological polar surface area (TPSA) is 24.1 Å². The third kappa shape index (κ3) is 10.5. The first kappa shape index (κ1) is 23.7. The number of allylic oxidation sites excluding steroid dienone is 1. The highest BCUT2D eigenvalue weighted by molar-refractivity contribution is 4.90. The fourth-order valence-electron chi connectivity index (χ4n) is 2.80. The molecule has 2 heteroatoms. The van der Waals surface area contributed by atoms with E-state index in [1.54, 1.807) is 0 Å². The van der Waals surface area contributed by atoms with Crippen LogP contribution in [0.3, 0.4) is 0 Å². The number of unbranched alkanes of at least 4 members (excludes halogenated alkanes) is 1. The van der Waals surface area contributed by atoms with Crippen LogP contribution < -0.4 is 10.6 Å². The van der Waals surface area contributed by atoms with Crippen molar-refractivity contribution in [3.63, 3.8) is 0 Å². The van der Waals surface area contributed by atoms with E-state index in [4.69, 9.17) is 0 Å². The Labute approximate surface area is 153 Å². The molecule has 0 aromatic carbocycles. The molecule has 2 unspecified atom stereocenters. The molecule has 0 aromatic heterocycles. The van der Waals surface area contributed by atoms with E-state index in [0.717, 1.165) is 19.0 Å². The van der Waals surface area contributed by atoms with E-state index in [-0.39, 0.29) is 5.54 Å². The van der Waals surface area contributed by atoms with E-state index < -0.39 is 0 Å². The largest absolute Gasteiger partial charge is 0.312 e. The van der Waals surface area contributed by atoms with Crippen LogP contribution in [-0.4, -0.2) is 24.2 Å². The SMILES string of the molecule is CCC(C)C/C=C\CNC(C)(CC)CCCCNC(C)(CC)CC. The quantitative estimate of drug-likeness (QED) is 0.279. The molecule has 0 spiro atoms. The van der Waals surface area contributed by atoms with Crippen molar-refractivity contribution in [2.24, 2.45) is 5.92 Å². The normalized spacial score (nSPS) is 16.5. The predicted octanol–water partition coefficient (Wildman–Crippen LogP) is 6.08. The summed E-state index contributed by atoms with van der Waals surface area (Å²) in [6, 6.07) is 0. The van der Waals surface area contributed by atoms with Crippen LogP contribution >= 0.6 is 0 Å². The van der Waals surface area contributed by atoms with Crippen molar-refractivity contribution in [2.45, 2.75) is 111 Å². The monoisotopic (exact) mass is 338 g/mol. The summed E-state index contributed by atoms with van der Waals surface area (Å²) in [5.41, 5.74) is 0.603. The average Bonchev–Trinajstić information content (AvgIpc) is 2.60. The van der Waals surface area contributed by atoms with Crippen molar-refractivity contribution in [1.82, 2.24) is 10.6 Å². The highest BCUT2D eigenvalue weighted by atomic mass is 15.0. The molecular weight excluding hydrogens is 292 g/mol. The van der Waals surface area contributed by atoms with Crippen LogP contribution in [0.2, 0.25) is 0 Å². The van der Waals surface area contributed by atoms with Crippen LogP contribution in [0.25, 0.3) is 0 Å². The molecule has 0 aromatic rings. The zero-order chi connectivity index (χ0) is 18.5. The van der Waals surface area contributed by atoms with Crippen LogP contribution in [0.4, 0.5) is 0 Å². The van der Waals surface area contributed by atoms with Gasteiger partial charge in [0.25, 0.3) is 0 Å². The summed E-state index contributed by atoms with van der Waals surface area (Å²) in [7, 11) is 0. The van der Waals surface area contributed by atoms with Gasteiger partial charge in [-0.05, 0) is 64.8 Å². The van der Waals surface area contributed by atoms with Gasteiger partial charge in [0.15, 0.2) is 0 Å². The molecular formula is C22H46N2. The average molecular weight is 339 g/mol. The van der Waals surface area contributed by atoms with Crippen molar-refractivity contribution in [1.29, 1.82) is 0 Å². The van der Waals surface area contributed by atoms with Gasteiger partial charge in [-0.3, -0.25) is 0 Å². The molecule has 0 radical (unpaired) electrons. The van der Waals surface area contributed by atoms with E-state index in [1.165, 1.54) is 51.4 Å². The van der Waals surface area contributed by atoms with E-state index in [0.29, 0.717) is 5.54 Å². The number of hydrogen-bond donors (Lipinski definition) is 2. The summed E-state index contributed by atoms with van der Waals surface area (Å²) in [4.78, 5) is 0. The van der Waals surface area contributed by atoms with Gasteiger partial charge in [-0.1, -0.05) is 59.6 Å². The molecule has 0 aliphatic carbocycles. The maximum Gasteiger partial charge on any atom is 0.0153 e. The molecule has 0 rings (SSSR count). The zero-order valence-corrected chi connectivity index (χ0v) is 17.8. The summed E-state index contributed by atoms with van der Waals surface area (Å²) >= 11 is 0. The third-order valence-corrected chi connectivity index (χ3v) is 6.10. The molecule has 144 valence electrons. The van der Waals surface area contributed by atoms with E-state index in [1.807, 2.05) is 0 Å². The molecule has 0 amide bonds. The second-order valence-corrected chi connectivity index (χ2v) is 8.17. The molecule has 0 aliphatic rings. The van der Waals surface area contributed by atoms with Gasteiger partial charge in [-0.25, -0.2) is 0 Å². The van der Waals surface area contributed by atoms with Crippen molar-refractivity contribution >= 4 is 0 Å². The number of hydrogen-bond acceptors (Lipinski definition) is 2. The molecule has 0 aliphatic heterocycles. The molecule has 2 N–H and O–H groups in total. The van der Waals surface area contributed by atoms with Gasteiger partial charge < -0.3 is 10.6 Å². The summed E-state index contributed by atoms with van der Waals surface area (Å²) < 4.78 is 0. The fraction of sp³-hybridized carbons (Fsp3) is 0.909. The van der Waals surface area contributed by atoms with Crippen LogP contribution in [-0.2, 0) is 0 Å². The van der Waals surface area contributed by atoms with Gasteiger partial charge in [-0.15, -0.1) is 0 Å². The number of rotatable bonds is 15. The van der Waals surface area contributed by atoms with E-state index >= 15 is 0 Å². The fourth-order valence-corrected chi connectivity index (χ4v) is 2.80. The lowest BCUT2D eigenvalue weighted by molar-refractivity contribution is 0.303. The second kappa shape index (κ2) is 12.9. The summed E-state index contributed by atoms with van der Waals surface area (Å²) in [6.07, 6.45) is 14.6. The molecule has 24 heavy (non-hydrogen) atoms. The summed E-state index contributed by atoms with van der Waals surface area (Å²) in [5.74, 6) is 0.809. The van der Waals surface area contributed by atoms with Crippen LogP contribution in [0.5, 0.6) is 0 Å². The van der Waals surface area contributed by atoms with Gasteiger partial charge in [0.05, 0.1) is 0 Å². The Morgan fingerprint density at radius 2 is 1.46 bits per heavy atom. The second-order valence-electron chi connectivity index (χ2n) is 8.17. The maximum atomic E-state index is 3.76. The summed E-state index contributed by atoms with van der Waals surface area (Å²) in [6.45, 7) is 18.3. The van der Waals surface area contributed by atoms with Crippen molar-refractivity contribution in [2.75, 3.05) is 13.1 Å². The van der Waals surface area contributed by atoms with E-state index in [9.17, 15) is 0 Å². The molecule has 0 fully saturated rings. The van der Waals surface area contributed by atoms with Crippen molar-refractivity contribution in [3.8, 4) is 0 Å². The van der Waals surface area contributed by atoms with Gasteiger partial charge in [0.2, 0.25) is 0 Å². The minimum absolute atomic E-state index is 0.277. The minimum atomic E-state index is 0.277. The highest BCUT2D eigenvalue weighted by Gasteiger charge is 2.21. The van der Waals surface area contributed by atoms with Crippen molar-refractivity contribution in [3.05, 3.63) is 12.2 Å². The minimum Gasteiger partial charge on any atom is -0.312 e. The Bertz CT molecular complexity index is 320.